The Balaban J connectivity index is 1.69. The molecule has 3 rings (SSSR count). The number of para-hydroxylation sites is 1. The first kappa shape index (κ1) is 14.4. The lowest BCUT2D eigenvalue weighted by Crippen LogP contribution is -2.42. The summed E-state index contributed by atoms with van der Waals surface area (Å²) in [6, 6.07) is 10.6. The summed E-state index contributed by atoms with van der Waals surface area (Å²) in [5.41, 5.74) is 5.72. The number of fused-ring (bicyclic) bond motifs is 1. The zero-order valence-corrected chi connectivity index (χ0v) is 13.2. The molecule has 0 saturated heterocycles. The molecule has 0 aliphatic rings. The number of halogens is 1. The SMILES string of the molecule is Cn1cc(Br)cc1C(=O)NNC(=O)c1cc2ccccc2o1. The average molecular weight is 362 g/mol. The second kappa shape index (κ2) is 5.69. The maximum atomic E-state index is 12.0. The van der Waals surface area contributed by atoms with Gasteiger partial charge in [0, 0.05) is 23.1 Å². The number of hydrogen-bond donors (Lipinski definition) is 2. The van der Waals surface area contributed by atoms with Crippen LogP contribution in [0.1, 0.15) is 21.0 Å². The van der Waals surface area contributed by atoms with Crippen LogP contribution in [0.5, 0.6) is 0 Å². The number of hydrazine groups is 1. The lowest BCUT2D eigenvalue weighted by molar-refractivity contribution is 0.0828. The van der Waals surface area contributed by atoms with Crippen LogP contribution in [0, 0.1) is 0 Å². The number of aromatic nitrogens is 1. The van der Waals surface area contributed by atoms with Crippen LogP contribution in [0.3, 0.4) is 0 Å². The van der Waals surface area contributed by atoms with Gasteiger partial charge in [0.1, 0.15) is 11.3 Å². The van der Waals surface area contributed by atoms with Crippen LogP contribution in [0.4, 0.5) is 0 Å². The molecule has 0 aliphatic carbocycles. The van der Waals surface area contributed by atoms with Crippen LogP contribution >= 0.6 is 15.9 Å². The highest BCUT2D eigenvalue weighted by Crippen LogP contribution is 2.18. The number of hydrogen-bond acceptors (Lipinski definition) is 3. The third-order valence-corrected chi connectivity index (χ3v) is 3.58. The molecule has 2 N–H and O–H groups in total. The average Bonchev–Trinajstić information content (AvgIpc) is 3.07. The highest BCUT2D eigenvalue weighted by molar-refractivity contribution is 9.10. The monoisotopic (exact) mass is 361 g/mol. The first-order valence-electron chi connectivity index (χ1n) is 6.46. The molecule has 0 aliphatic heterocycles. The number of amides is 2. The molecule has 0 atom stereocenters. The quantitative estimate of drug-likeness (QED) is 0.688. The number of aryl methyl sites for hydroxylation is 1. The van der Waals surface area contributed by atoms with E-state index in [2.05, 4.69) is 26.8 Å². The third kappa shape index (κ3) is 2.75. The van der Waals surface area contributed by atoms with Crippen LogP contribution in [-0.2, 0) is 7.05 Å². The fraction of sp³-hybridized carbons (Fsp3) is 0.0667. The Morgan fingerprint density at radius 3 is 2.55 bits per heavy atom. The van der Waals surface area contributed by atoms with E-state index in [4.69, 9.17) is 4.42 Å². The van der Waals surface area contributed by atoms with Crippen molar-refractivity contribution in [3.05, 3.63) is 58.5 Å². The minimum atomic E-state index is -0.516. The standard InChI is InChI=1S/C15H12BrN3O3/c1-19-8-10(16)7-11(19)14(20)17-18-15(21)13-6-9-4-2-3-5-12(9)22-13/h2-8H,1H3,(H,17,20)(H,18,21). The predicted molar refractivity (Wildman–Crippen MR) is 84.3 cm³/mol. The Kier molecular flexibility index (Phi) is 3.72. The van der Waals surface area contributed by atoms with Gasteiger partial charge in [-0.25, -0.2) is 0 Å². The molecule has 3 aromatic rings. The Labute approximate surface area is 134 Å². The van der Waals surface area contributed by atoms with E-state index in [1.165, 1.54) is 0 Å². The van der Waals surface area contributed by atoms with Crippen LogP contribution in [0.2, 0.25) is 0 Å². The van der Waals surface area contributed by atoms with Crippen molar-refractivity contribution >= 4 is 38.7 Å². The number of rotatable bonds is 2. The minimum Gasteiger partial charge on any atom is -0.451 e. The Bertz CT molecular complexity index is 833. The van der Waals surface area contributed by atoms with E-state index in [9.17, 15) is 9.59 Å². The van der Waals surface area contributed by atoms with E-state index >= 15 is 0 Å². The van der Waals surface area contributed by atoms with Crippen molar-refractivity contribution in [2.45, 2.75) is 0 Å². The second-order valence-electron chi connectivity index (χ2n) is 4.71. The summed E-state index contributed by atoms with van der Waals surface area (Å²) in [5.74, 6) is -0.801. The highest BCUT2D eigenvalue weighted by Gasteiger charge is 2.15. The van der Waals surface area contributed by atoms with Crippen molar-refractivity contribution < 1.29 is 14.0 Å². The largest absolute Gasteiger partial charge is 0.451 e. The van der Waals surface area contributed by atoms with Gasteiger partial charge in [0.25, 0.3) is 5.91 Å². The fourth-order valence-electron chi connectivity index (χ4n) is 2.08. The number of nitrogens with zero attached hydrogens (tertiary/aromatic N) is 1. The van der Waals surface area contributed by atoms with Gasteiger partial charge in [0.2, 0.25) is 0 Å². The van der Waals surface area contributed by atoms with Gasteiger partial charge in [-0.1, -0.05) is 18.2 Å². The number of carbonyl (C=O) groups excluding carboxylic acids is 2. The number of carbonyl (C=O) groups is 2. The Hall–Kier alpha value is -2.54. The van der Waals surface area contributed by atoms with Crippen molar-refractivity contribution in [3.63, 3.8) is 0 Å². The molecule has 0 spiro atoms. The third-order valence-electron chi connectivity index (χ3n) is 3.14. The number of furan rings is 1. The summed E-state index contributed by atoms with van der Waals surface area (Å²) < 4.78 is 7.85. The predicted octanol–water partition coefficient (Wildman–Crippen LogP) is 2.61. The molecule has 0 saturated carbocycles. The summed E-state index contributed by atoms with van der Waals surface area (Å²) in [6.07, 6.45) is 1.75. The lowest BCUT2D eigenvalue weighted by Gasteiger charge is -2.06. The molecule has 0 unspecified atom stereocenters. The summed E-state index contributed by atoms with van der Waals surface area (Å²) in [7, 11) is 1.74. The summed E-state index contributed by atoms with van der Waals surface area (Å²) in [5, 5.41) is 0.824. The van der Waals surface area contributed by atoms with Gasteiger partial charge in [-0.2, -0.15) is 0 Å². The fourth-order valence-corrected chi connectivity index (χ4v) is 2.61. The Morgan fingerprint density at radius 2 is 1.86 bits per heavy atom. The molecule has 2 heterocycles. The molecule has 2 aromatic heterocycles. The molecule has 0 bridgehead atoms. The van der Waals surface area contributed by atoms with Crippen LogP contribution in [-0.4, -0.2) is 16.4 Å². The van der Waals surface area contributed by atoms with E-state index in [1.54, 1.807) is 36.0 Å². The zero-order chi connectivity index (χ0) is 15.7. The van der Waals surface area contributed by atoms with Gasteiger partial charge in [-0.3, -0.25) is 20.4 Å². The van der Waals surface area contributed by atoms with Gasteiger partial charge in [0.05, 0.1) is 0 Å². The molecule has 112 valence electrons. The Morgan fingerprint density at radius 1 is 1.14 bits per heavy atom. The van der Waals surface area contributed by atoms with Crippen LogP contribution in [0.15, 0.2) is 51.5 Å². The van der Waals surface area contributed by atoms with E-state index in [0.29, 0.717) is 11.3 Å². The van der Waals surface area contributed by atoms with Crippen molar-refractivity contribution in [3.8, 4) is 0 Å². The van der Waals surface area contributed by atoms with Gasteiger partial charge in [-0.15, -0.1) is 0 Å². The summed E-state index contributed by atoms with van der Waals surface area (Å²) >= 11 is 3.28. The van der Waals surface area contributed by atoms with Crippen LogP contribution < -0.4 is 10.9 Å². The zero-order valence-electron chi connectivity index (χ0n) is 11.6. The molecule has 0 fully saturated rings. The molecule has 22 heavy (non-hydrogen) atoms. The molecule has 2 amide bonds. The van der Waals surface area contributed by atoms with Gasteiger partial charge in [-0.05, 0) is 34.1 Å². The lowest BCUT2D eigenvalue weighted by atomic mass is 10.2. The van der Waals surface area contributed by atoms with Crippen molar-refractivity contribution in [1.82, 2.24) is 15.4 Å². The van der Waals surface area contributed by atoms with Gasteiger partial charge < -0.3 is 8.98 Å². The smallest absolute Gasteiger partial charge is 0.305 e. The van der Waals surface area contributed by atoms with E-state index in [1.807, 2.05) is 18.2 Å². The molecule has 1 aromatic carbocycles. The normalized spacial score (nSPS) is 10.6. The molecule has 0 radical (unpaired) electrons. The minimum absolute atomic E-state index is 0.134. The maximum absolute atomic E-state index is 12.0. The second-order valence-corrected chi connectivity index (χ2v) is 5.63. The number of benzene rings is 1. The van der Waals surface area contributed by atoms with Crippen molar-refractivity contribution in [2.75, 3.05) is 0 Å². The molecular weight excluding hydrogens is 350 g/mol. The highest BCUT2D eigenvalue weighted by atomic mass is 79.9. The van der Waals surface area contributed by atoms with E-state index in [-0.39, 0.29) is 5.76 Å². The van der Waals surface area contributed by atoms with Crippen molar-refractivity contribution in [2.24, 2.45) is 7.05 Å². The summed E-state index contributed by atoms with van der Waals surface area (Å²) in [6.45, 7) is 0. The first-order valence-corrected chi connectivity index (χ1v) is 7.25. The maximum Gasteiger partial charge on any atom is 0.305 e. The first-order chi connectivity index (χ1) is 10.5. The van der Waals surface area contributed by atoms with Crippen LogP contribution in [0.25, 0.3) is 11.0 Å². The van der Waals surface area contributed by atoms with E-state index in [0.717, 1.165) is 9.86 Å². The van der Waals surface area contributed by atoms with Crippen molar-refractivity contribution in [1.29, 1.82) is 0 Å². The molecular formula is C15H12BrN3O3. The molecule has 7 heteroatoms. The van der Waals surface area contributed by atoms with Gasteiger partial charge in [0.15, 0.2) is 5.76 Å². The van der Waals surface area contributed by atoms with Gasteiger partial charge >= 0.3 is 5.91 Å². The van der Waals surface area contributed by atoms with E-state index < -0.39 is 11.8 Å². The number of nitrogens with one attached hydrogen (secondary N) is 2. The molecule has 6 nitrogen and oxygen atoms in total. The summed E-state index contributed by atoms with van der Waals surface area (Å²) in [4.78, 5) is 24.0. The topological polar surface area (TPSA) is 76.3 Å².